The number of para-hydroxylation sites is 2. The van der Waals surface area contributed by atoms with Crippen molar-refractivity contribution in [2.24, 2.45) is 0 Å². The molecular weight excluding hydrogens is 407 g/mol. The van der Waals surface area contributed by atoms with Crippen LogP contribution in [0.2, 0.25) is 0 Å². The van der Waals surface area contributed by atoms with Crippen molar-refractivity contribution in [3.05, 3.63) is 36.9 Å². The van der Waals surface area contributed by atoms with Gasteiger partial charge < -0.3 is 19.6 Å². The first kappa shape index (κ1) is 23.0. The number of nitrogens with zero attached hydrogens (tertiary/aromatic N) is 5. The zero-order valence-corrected chi connectivity index (χ0v) is 16.2. The molecule has 0 unspecified atom stereocenters. The predicted molar refractivity (Wildman–Crippen MR) is 100 cm³/mol. The standard InChI is InChI=1S/C16H21N5O2.C2HF3O2/c1-23-15-5-3-2-4-14(15)19-8-10-20(11-9-19)16(22)6-7-21-13-17-12-18-21;3-2(4,5)1(6)7/h2-5,12-13H,6-11H2,1H3;(H,6,7). The number of alkyl halides is 3. The number of carboxylic acids is 1. The summed E-state index contributed by atoms with van der Waals surface area (Å²) in [6.45, 7) is 3.67. The molecule has 30 heavy (non-hydrogen) atoms. The van der Waals surface area contributed by atoms with Gasteiger partial charge in [-0.1, -0.05) is 12.1 Å². The van der Waals surface area contributed by atoms with E-state index in [2.05, 4.69) is 21.0 Å². The highest BCUT2D eigenvalue weighted by atomic mass is 19.4. The number of carbonyl (C=O) groups is 2. The normalized spacial score (nSPS) is 14.0. The number of aromatic nitrogens is 3. The van der Waals surface area contributed by atoms with Gasteiger partial charge in [0.1, 0.15) is 18.4 Å². The van der Waals surface area contributed by atoms with E-state index in [9.17, 15) is 18.0 Å². The molecule has 2 heterocycles. The number of hydrogen-bond acceptors (Lipinski definition) is 6. The third-order valence-electron chi connectivity index (χ3n) is 4.32. The van der Waals surface area contributed by atoms with Crippen molar-refractivity contribution in [3.63, 3.8) is 0 Å². The van der Waals surface area contributed by atoms with Gasteiger partial charge in [-0.25, -0.2) is 9.78 Å². The lowest BCUT2D eigenvalue weighted by atomic mass is 10.2. The maximum Gasteiger partial charge on any atom is 0.490 e. The Kier molecular flexibility index (Phi) is 8.01. The number of carbonyl (C=O) groups excluding carboxylic acids is 1. The van der Waals surface area contributed by atoms with Crippen LogP contribution in [0.1, 0.15) is 6.42 Å². The Bertz CT molecular complexity index is 821. The second-order valence-corrected chi connectivity index (χ2v) is 6.25. The molecule has 2 aromatic rings. The van der Waals surface area contributed by atoms with Crippen molar-refractivity contribution < 1.29 is 32.6 Å². The Labute approximate surface area is 170 Å². The molecule has 0 aliphatic carbocycles. The molecule has 1 fully saturated rings. The van der Waals surface area contributed by atoms with Crippen molar-refractivity contribution in [2.75, 3.05) is 38.2 Å². The highest BCUT2D eigenvalue weighted by Crippen LogP contribution is 2.28. The summed E-state index contributed by atoms with van der Waals surface area (Å²) in [5.41, 5.74) is 1.09. The summed E-state index contributed by atoms with van der Waals surface area (Å²) in [5, 5.41) is 11.1. The average molecular weight is 429 g/mol. The number of benzene rings is 1. The minimum absolute atomic E-state index is 0.167. The van der Waals surface area contributed by atoms with Gasteiger partial charge in [0, 0.05) is 32.6 Å². The number of ether oxygens (including phenoxy) is 1. The van der Waals surface area contributed by atoms with E-state index in [1.807, 2.05) is 23.1 Å². The monoisotopic (exact) mass is 429 g/mol. The molecule has 0 spiro atoms. The van der Waals surface area contributed by atoms with E-state index in [0.29, 0.717) is 13.0 Å². The third kappa shape index (κ3) is 6.64. The van der Waals surface area contributed by atoms with E-state index < -0.39 is 12.1 Å². The number of carboxylic acid groups (broad SMARTS) is 1. The highest BCUT2D eigenvalue weighted by molar-refractivity contribution is 5.76. The molecule has 1 aromatic heterocycles. The van der Waals surface area contributed by atoms with Gasteiger partial charge in [-0.3, -0.25) is 9.48 Å². The second kappa shape index (κ2) is 10.5. The zero-order valence-electron chi connectivity index (χ0n) is 16.2. The number of piperazine rings is 1. The number of rotatable bonds is 5. The molecule has 0 radical (unpaired) electrons. The maximum absolute atomic E-state index is 12.3. The van der Waals surface area contributed by atoms with Gasteiger partial charge in [-0.15, -0.1) is 0 Å². The van der Waals surface area contributed by atoms with Gasteiger partial charge in [0.25, 0.3) is 0 Å². The summed E-state index contributed by atoms with van der Waals surface area (Å²) in [5.74, 6) is -1.72. The van der Waals surface area contributed by atoms with Gasteiger partial charge in [0.15, 0.2) is 0 Å². The molecule has 0 atom stereocenters. The molecule has 164 valence electrons. The summed E-state index contributed by atoms with van der Waals surface area (Å²) in [6, 6.07) is 7.99. The number of anilines is 1. The molecule has 12 heteroatoms. The van der Waals surface area contributed by atoms with Crippen LogP contribution < -0.4 is 9.64 Å². The molecule has 1 saturated heterocycles. The van der Waals surface area contributed by atoms with E-state index in [4.69, 9.17) is 14.6 Å². The van der Waals surface area contributed by atoms with Crippen LogP contribution in [0.25, 0.3) is 0 Å². The summed E-state index contributed by atoms with van der Waals surface area (Å²) >= 11 is 0. The molecule has 1 aliphatic rings. The lowest BCUT2D eigenvalue weighted by Gasteiger charge is -2.36. The van der Waals surface area contributed by atoms with Crippen molar-refractivity contribution in [2.45, 2.75) is 19.1 Å². The Morgan fingerprint density at radius 1 is 1.17 bits per heavy atom. The van der Waals surface area contributed by atoms with Crippen LogP contribution in [0.4, 0.5) is 18.9 Å². The van der Waals surface area contributed by atoms with Gasteiger partial charge in [0.2, 0.25) is 5.91 Å². The van der Waals surface area contributed by atoms with Crippen molar-refractivity contribution in [1.82, 2.24) is 19.7 Å². The quantitative estimate of drug-likeness (QED) is 0.772. The molecule has 3 rings (SSSR count). The molecular formula is C18H22F3N5O4. The second-order valence-electron chi connectivity index (χ2n) is 6.25. The minimum atomic E-state index is -5.08. The summed E-state index contributed by atoms with van der Waals surface area (Å²) < 4.78 is 38.8. The Morgan fingerprint density at radius 2 is 1.80 bits per heavy atom. The van der Waals surface area contributed by atoms with Gasteiger partial charge >= 0.3 is 12.1 Å². The van der Waals surface area contributed by atoms with Crippen LogP contribution in [0.3, 0.4) is 0 Å². The van der Waals surface area contributed by atoms with E-state index >= 15 is 0 Å². The first-order chi connectivity index (χ1) is 14.2. The highest BCUT2D eigenvalue weighted by Gasteiger charge is 2.38. The Morgan fingerprint density at radius 3 is 2.33 bits per heavy atom. The number of halogens is 3. The van der Waals surface area contributed by atoms with Gasteiger partial charge in [-0.2, -0.15) is 18.3 Å². The fourth-order valence-electron chi connectivity index (χ4n) is 2.80. The van der Waals surface area contributed by atoms with Gasteiger partial charge in [0.05, 0.1) is 19.3 Å². The first-order valence-electron chi connectivity index (χ1n) is 9.00. The summed E-state index contributed by atoms with van der Waals surface area (Å²) in [7, 11) is 1.68. The number of hydrogen-bond donors (Lipinski definition) is 1. The fourth-order valence-corrected chi connectivity index (χ4v) is 2.80. The van der Waals surface area contributed by atoms with E-state index in [-0.39, 0.29) is 5.91 Å². The summed E-state index contributed by atoms with van der Waals surface area (Å²) in [6.07, 6.45) is -1.51. The molecule has 1 N–H and O–H groups in total. The van der Waals surface area contributed by atoms with Crippen molar-refractivity contribution in [1.29, 1.82) is 0 Å². The van der Waals surface area contributed by atoms with Crippen LogP contribution in [0.15, 0.2) is 36.9 Å². The molecule has 1 amide bonds. The predicted octanol–water partition coefficient (Wildman–Crippen LogP) is 1.66. The molecule has 9 nitrogen and oxygen atoms in total. The van der Waals surface area contributed by atoms with Crippen LogP contribution in [0.5, 0.6) is 5.75 Å². The topological polar surface area (TPSA) is 101 Å². The smallest absolute Gasteiger partial charge is 0.490 e. The third-order valence-corrected chi connectivity index (χ3v) is 4.32. The van der Waals surface area contributed by atoms with E-state index in [1.165, 1.54) is 6.33 Å². The molecule has 0 bridgehead atoms. The SMILES string of the molecule is COc1ccccc1N1CCN(C(=O)CCn2cncn2)CC1.O=C(O)C(F)(F)F. The average Bonchev–Trinajstić information content (AvgIpc) is 3.25. The molecule has 1 aromatic carbocycles. The van der Waals surface area contributed by atoms with Crippen LogP contribution in [-0.2, 0) is 16.1 Å². The zero-order chi connectivity index (χ0) is 22.1. The van der Waals surface area contributed by atoms with E-state index in [1.54, 1.807) is 18.1 Å². The largest absolute Gasteiger partial charge is 0.495 e. The number of methoxy groups -OCH3 is 1. The fraction of sp³-hybridized carbons (Fsp3) is 0.444. The van der Waals surface area contributed by atoms with E-state index in [0.717, 1.165) is 37.6 Å². The number of amides is 1. The Hall–Kier alpha value is -3.31. The van der Waals surface area contributed by atoms with Crippen molar-refractivity contribution >= 4 is 17.6 Å². The Balaban J connectivity index is 0.000000396. The lowest BCUT2D eigenvalue weighted by Crippen LogP contribution is -2.49. The van der Waals surface area contributed by atoms with Crippen LogP contribution in [0, 0.1) is 0 Å². The molecule has 0 saturated carbocycles. The first-order valence-corrected chi connectivity index (χ1v) is 9.00. The van der Waals surface area contributed by atoms with Gasteiger partial charge in [-0.05, 0) is 12.1 Å². The minimum Gasteiger partial charge on any atom is -0.495 e. The number of aryl methyl sites for hydroxylation is 1. The summed E-state index contributed by atoms with van der Waals surface area (Å²) in [4.78, 5) is 29.2. The molecule has 1 aliphatic heterocycles. The maximum atomic E-state index is 12.3. The lowest BCUT2D eigenvalue weighted by molar-refractivity contribution is -0.192. The number of aliphatic carboxylic acids is 1. The van der Waals surface area contributed by atoms with Crippen LogP contribution in [-0.4, -0.2) is 76.1 Å². The van der Waals surface area contributed by atoms with Crippen molar-refractivity contribution in [3.8, 4) is 5.75 Å². The van der Waals surface area contributed by atoms with Crippen LogP contribution >= 0.6 is 0 Å².